The topological polar surface area (TPSA) is 57.6 Å². The summed E-state index contributed by atoms with van der Waals surface area (Å²) in [6.45, 7) is 0.491. The largest absolute Gasteiger partial charge is 0.392 e. The summed E-state index contributed by atoms with van der Waals surface area (Å²) >= 11 is 3.33. The molecule has 0 aromatic heterocycles. The molecule has 20 heavy (non-hydrogen) atoms. The molecule has 3 rings (SSSR count). The standard InChI is InChI=1S/C14H18BrNO3S/c15-13-6-3-11(9-17)7-14(13)20(18,19)16(12-4-5-12)8-10-1-2-10/h3,6-7,10,12,17H,1-2,4-5,8-9H2. The summed E-state index contributed by atoms with van der Waals surface area (Å²) < 4.78 is 28.0. The maximum absolute atomic E-state index is 12.9. The lowest BCUT2D eigenvalue weighted by atomic mass is 10.2. The number of aliphatic hydroxyl groups excluding tert-OH is 1. The fraction of sp³-hybridized carbons (Fsp3) is 0.571. The number of aliphatic hydroxyl groups is 1. The monoisotopic (exact) mass is 359 g/mol. The van der Waals surface area contributed by atoms with Crippen LogP contribution in [0.4, 0.5) is 0 Å². The van der Waals surface area contributed by atoms with Crippen molar-refractivity contribution in [2.45, 2.75) is 43.2 Å². The van der Waals surface area contributed by atoms with E-state index in [9.17, 15) is 13.5 Å². The van der Waals surface area contributed by atoms with Gasteiger partial charge in [-0.2, -0.15) is 4.31 Å². The first-order valence-electron chi connectivity index (χ1n) is 6.93. The van der Waals surface area contributed by atoms with Crippen molar-refractivity contribution in [1.29, 1.82) is 0 Å². The third-order valence-electron chi connectivity index (χ3n) is 3.85. The Morgan fingerprint density at radius 2 is 1.95 bits per heavy atom. The van der Waals surface area contributed by atoms with Gasteiger partial charge in [-0.1, -0.05) is 6.07 Å². The lowest BCUT2D eigenvalue weighted by Gasteiger charge is -2.22. The molecule has 1 aromatic carbocycles. The summed E-state index contributed by atoms with van der Waals surface area (Å²) in [6.07, 6.45) is 4.19. The van der Waals surface area contributed by atoms with E-state index in [-0.39, 0.29) is 17.5 Å². The van der Waals surface area contributed by atoms with E-state index in [4.69, 9.17) is 0 Å². The SMILES string of the molecule is O=S(=O)(c1cc(CO)ccc1Br)N(CC1CC1)C1CC1. The van der Waals surface area contributed by atoms with Crippen LogP contribution in [0.2, 0.25) is 0 Å². The minimum Gasteiger partial charge on any atom is -0.392 e. The number of hydrogen-bond acceptors (Lipinski definition) is 3. The van der Waals surface area contributed by atoms with Crippen molar-refractivity contribution in [3.05, 3.63) is 28.2 Å². The van der Waals surface area contributed by atoms with E-state index in [1.54, 1.807) is 22.5 Å². The van der Waals surface area contributed by atoms with Crippen LogP contribution in [0.3, 0.4) is 0 Å². The van der Waals surface area contributed by atoms with Crippen molar-refractivity contribution < 1.29 is 13.5 Å². The maximum Gasteiger partial charge on any atom is 0.244 e. The molecule has 2 aliphatic carbocycles. The van der Waals surface area contributed by atoms with Gasteiger partial charge in [0.15, 0.2) is 0 Å². The highest BCUT2D eigenvalue weighted by Gasteiger charge is 2.41. The lowest BCUT2D eigenvalue weighted by Crippen LogP contribution is -2.35. The lowest BCUT2D eigenvalue weighted by molar-refractivity contribution is 0.281. The highest BCUT2D eigenvalue weighted by Crippen LogP contribution is 2.39. The van der Waals surface area contributed by atoms with Gasteiger partial charge < -0.3 is 5.11 Å². The Hall–Kier alpha value is -0.430. The smallest absolute Gasteiger partial charge is 0.244 e. The van der Waals surface area contributed by atoms with Crippen molar-refractivity contribution in [2.24, 2.45) is 5.92 Å². The van der Waals surface area contributed by atoms with Gasteiger partial charge in [-0.05, 0) is 65.2 Å². The summed E-state index contributed by atoms with van der Waals surface area (Å²) in [5.74, 6) is 0.533. The van der Waals surface area contributed by atoms with Gasteiger partial charge in [0.05, 0.1) is 11.5 Å². The van der Waals surface area contributed by atoms with Crippen LogP contribution in [0, 0.1) is 5.92 Å². The molecular formula is C14H18BrNO3S. The van der Waals surface area contributed by atoms with Crippen LogP contribution in [0.1, 0.15) is 31.2 Å². The zero-order valence-corrected chi connectivity index (χ0v) is 13.5. The van der Waals surface area contributed by atoms with Gasteiger partial charge in [0, 0.05) is 17.1 Å². The van der Waals surface area contributed by atoms with Gasteiger partial charge in [-0.3, -0.25) is 0 Å². The van der Waals surface area contributed by atoms with Crippen LogP contribution in [0.5, 0.6) is 0 Å². The Balaban J connectivity index is 1.96. The van der Waals surface area contributed by atoms with Crippen LogP contribution in [0.25, 0.3) is 0 Å². The first-order valence-corrected chi connectivity index (χ1v) is 9.17. The first kappa shape index (κ1) is 14.5. The van der Waals surface area contributed by atoms with Gasteiger partial charge >= 0.3 is 0 Å². The molecule has 1 aromatic rings. The highest BCUT2D eigenvalue weighted by atomic mass is 79.9. The highest BCUT2D eigenvalue weighted by molar-refractivity contribution is 9.10. The molecule has 1 N–H and O–H groups in total. The molecule has 0 atom stereocenters. The third kappa shape index (κ3) is 2.93. The van der Waals surface area contributed by atoms with Crippen LogP contribution < -0.4 is 0 Å². The molecule has 0 saturated heterocycles. The second-order valence-electron chi connectivity index (χ2n) is 5.67. The van der Waals surface area contributed by atoms with Crippen molar-refractivity contribution in [2.75, 3.05) is 6.54 Å². The second kappa shape index (κ2) is 5.40. The van der Waals surface area contributed by atoms with Crippen LogP contribution >= 0.6 is 15.9 Å². The Bertz CT molecular complexity index is 609. The zero-order valence-electron chi connectivity index (χ0n) is 11.1. The zero-order chi connectivity index (χ0) is 14.3. The van der Waals surface area contributed by atoms with Gasteiger partial charge in [-0.25, -0.2) is 8.42 Å². The number of hydrogen-bond donors (Lipinski definition) is 1. The van der Waals surface area contributed by atoms with Gasteiger partial charge in [-0.15, -0.1) is 0 Å². The predicted octanol–water partition coefficient (Wildman–Crippen LogP) is 2.50. The summed E-state index contributed by atoms with van der Waals surface area (Å²) in [4.78, 5) is 0.275. The number of nitrogens with zero attached hydrogens (tertiary/aromatic N) is 1. The molecule has 0 bridgehead atoms. The summed E-state index contributed by atoms with van der Waals surface area (Å²) in [7, 11) is -3.48. The van der Waals surface area contributed by atoms with Crippen molar-refractivity contribution in [3.8, 4) is 0 Å². The average Bonchev–Trinajstić information content (AvgIpc) is 3.28. The molecule has 0 unspecified atom stereocenters. The maximum atomic E-state index is 12.9. The number of rotatable bonds is 6. The third-order valence-corrected chi connectivity index (χ3v) is 6.77. The van der Waals surface area contributed by atoms with E-state index in [2.05, 4.69) is 15.9 Å². The molecule has 0 aliphatic heterocycles. The molecule has 0 heterocycles. The van der Waals surface area contributed by atoms with Crippen LogP contribution in [-0.4, -0.2) is 30.4 Å². The van der Waals surface area contributed by atoms with E-state index < -0.39 is 10.0 Å². The molecule has 110 valence electrons. The van der Waals surface area contributed by atoms with Crippen molar-refractivity contribution in [3.63, 3.8) is 0 Å². The number of sulfonamides is 1. The number of halogens is 1. The van der Waals surface area contributed by atoms with Crippen LogP contribution in [0.15, 0.2) is 27.6 Å². The fourth-order valence-corrected chi connectivity index (χ4v) is 5.07. The average molecular weight is 360 g/mol. The van der Waals surface area contributed by atoms with E-state index in [1.165, 1.54) is 0 Å². The van der Waals surface area contributed by atoms with E-state index in [0.717, 1.165) is 25.7 Å². The fourth-order valence-electron chi connectivity index (χ4n) is 2.33. The van der Waals surface area contributed by atoms with Gasteiger partial charge in [0.1, 0.15) is 0 Å². The minimum absolute atomic E-state index is 0.151. The van der Waals surface area contributed by atoms with Gasteiger partial charge in [0.25, 0.3) is 0 Å². The minimum atomic E-state index is -3.48. The Kier molecular flexibility index (Phi) is 3.92. The van der Waals surface area contributed by atoms with E-state index >= 15 is 0 Å². The van der Waals surface area contributed by atoms with Crippen molar-refractivity contribution in [1.82, 2.24) is 4.31 Å². The Morgan fingerprint density at radius 1 is 1.25 bits per heavy atom. The molecular weight excluding hydrogens is 342 g/mol. The first-order chi connectivity index (χ1) is 9.52. The van der Waals surface area contributed by atoms with Gasteiger partial charge in [0.2, 0.25) is 10.0 Å². The molecule has 0 spiro atoms. The molecule has 6 heteroatoms. The van der Waals surface area contributed by atoms with E-state index in [1.807, 2.05) is 0 Å². The quantitative estimate of drug-likeness (QED) is 0.848. The summed E-state index contributed by atoms with van der Waals surface area (Å²) in [5.41, 5.74) is 0.619. The van der Waals surface area contributed by atoms with Crippen molar-refractivity contribution >= 4 is 26.0 Å². The normalized spacial score (nSPS) is 19.6. The Labute approximate surface area is 128 Å². The molecule has 2 saturated carbocycles. The summed E-state index contributed by atoms with van der Waals surface area (Å²) in [6, 6.07) is 5.17. The molecule has 2 fully saturated rings. The molecule has 0 radical (unpaired) electrons. The Morgan fingerprint density at radius 3 is 2.50 bits per heavy atom. The number of benzene rings is 1. The molecule has 4 nitrogen and oxygen atoms in total. The van der Waals surface area contributed by atoms with Crippen LogP contribution in [-0.2, 0) is 16.6 Å². The summed E-state index contributed by atoms with van der Waals surface area (Å²) in [5, 5.41) is 9.21. The van der Waals surface area contributed by atoms with E-state index in [0.29, 0.717) is 22.5 Å². The molecule has 2 aliphatic rings. The molecule has 0 amide bonds. The second-order valence-corrected chi connectivity index (χ2v) is 8.39. The predicted molar refractivity (Wildman–Crippen MR) is 79.7 cm³/mol.